The average molecular weight is 973 g/mol. The molecule has 1 fully saturated rings. The zero-order valence-corrected chi connectivity index (χ0v) is 43.3. The van der Waals surface area contributed by atoms with Crippen molar-refractivity contribution in [3.8, 4) is 0 Å². The van der Waals surface area contributed by atoms with Gasteiger partial charge in [-0.1, -0.05) is 191 Å². The second-order valence-electron chi connectivity index (χ2n) is 18.5. The van der Waals surface area contributed by atoms with Crippen LogP contribution in [0.5, 0.6) is 0 Å². The molecule has 1 heterocycles. The molecule has 12 nitrogen and oxygen atoms in total. The normalized spacial score (nSPS) is 19.1. The number of rotatable bonds is 45. The van der Waals surface area contributed by atoms with Crippen LogP contribution in [0.25, 0.3) is 0 Å². The third kappa shape index (κ3) is 36.1. The van der Waals surface area contributed by atoms with E-state index in [1.165, 1.54) is 44.9 Å². The third-order valence-corrected chi connectivity index (χ3v) is 12.1. The van der Waals surface area contributed by atoms with E-state index in [4.69, 9.17) is 23.7 Å². The van der Waals surface area contributed by atoms with Crippen molar-refractivity contribution < 1.29 is 58.2 Å². The first kappa shape index (κ1) is 63.4. The van der Waals surface area contributed by atoms with E-state index in [1.807, 2.05) is 0 Å². The lowest BCUT2D eigenvalue weighted by molar-refractivity contribution is -0.301. The van der Waals surface area contributed by atoms with Crippen LogP contribution in [0, 0.1) is 0 Å². The summed E-state index contributed by atoms with van der Waals surface area (Å²) in [7, 11) is 0. The van der Waals surface area contributed by atoms with E-state index in [0.29, 0.717) is 19.3 Å². The highest BCUT2D eigenvalue weighted by Crippen LogP contribution is 2.26. The number of aliphatic hydroxyl groups is 2. The zero-order valence-electron chi connectivity index (χ0n) is 43.3. The van der Waals surface area contributed by atoms with Crippen molar-refractivity contribution in [2.45, 2.75) is 263 Å². The van der Waals surface area contributed by atoms with Crippen molar-refractivity contribution in [1.29, 1.82) is 0 Å². The van der Waals surface area contributed by atoms with Crippen LogP contribution in [0.15, 0.2) is 60.8 Å². The minimum Gasteiger partial charge on any atom is -0.479 e. The highest BCUT2D eigenvalue weighted by molar-refractivity contribution is 5.74. The number of carboxylic acid groups (broad SMARTS) is 1. The monoisotopic (exact) mass is 973 g/mol. The smallest absolute Gasteiger partial charge is 0.335 e. The van der Waals surface area contributed by atoms with E-state index in [-0.39, 0.29) is 25.9 Å². The number of ether oxygens (including phenoxy) is 5. The van der Waals surface area contributed by atoms with Gasteiger partial charge < -0.3 is 39.0 Å². The van der Waals surface area contributed by atoms with Gasteiger partial charge in [-0.3, -0.25) is 14.4 Å². The Morgan fingerprint density at radius 1 is 0.493 bits per heavy atom. The van der Waals surface area contributed by atoms with Crippen LogP contribution in [0.2, 0.25) is 0 Å². The maximum atomic E-state index is 13.0. The van der Waals surface area contributed by atoms with E-state index >= 15 is 0 Å². The van der Waals surface area contributed by atoms with Crippen LogP contribution >= 0.6 is 0 Å². The lowest BCUT2D eigenvalue weighted by Crippen LogP contribution is -2.61. The maximum absolute atomic E-state index is 13.0. The van der Waals surface area contributed by atoms with Crippen LogP contribution in [0.1, 0.15) is 226 Å². The molecule has 3 N–H and O–H groups in total. The third-order valence-electron chi connectivity index (χ3n) is 12.1. The van der Waals surface area contributed by atoms with Crippen molar-refractivity contribution in [2.24, 2.45) is 0 Å². The SMILES string of the molecule is CC/C=C\C/C=C\C/C=C\CCCCCCCCCC(=O)OCC(COC1OC(C(=O)O)C(O)C(O)C1OC(=O)CCCCCCC/C=C\C/C=C\CCC)OC(=O)CCCCCCCCCCC. The second-order valence-corrected chi connectivity index (χ2v) is 18.5. The summed E-state index contributed by atoms with van der Waals surface area (Å²) in [5.41, 5.74) is 0. The lowest BCUT2D eigenvalue weighted by Gasteiger charge is -2.40. The summed E-state index contributed by atoms with van der Waals surface area (Å²) in [6, 6.07) is 0. The Bertz CT molecular complexity index is 1440. The van der Waals surface area contributed by atoms with Crippen molar-refractivity contribution in [3.63, 3.8) is 0 Å². The second kappa shape index (κ2) is 45.6. The van der Waals surface area contributed by atoms with Crippen molar-refractivity contribution in [3.05, 3.63) is 60.8 Å². The Kier molecular flexibility index (Phi) is 41.9. The molecular formula is C57H96O12. The molecule has 1 saturated heterocycles. The molecular weight excluding hydrogens is 877 g/mol. The molecule has 0 radical (unpaired) electrons. The number of unbranched alkanes of at least 4 members (excludes halogenated alkanes) is 21. The first-order valence-corrected chi connectivity index (χ1v) is 27.3. The molecule has 0 aliphatic carbocycles. The lowest BCUT2D eigenvalue weighted by atomic mass is 9.98. The van der Waals surface area contributed by atoms with E-state index < -0.39 is 67.3 Å². The number of esters is 3. The van der Waals surface area contributed by atoms with Crippen LogP contribution in [-0.2, 0) is 42.9 Å². The van der Waals surface area contributed by atoms with Gasteiger partial charge in [-0.2, -0.15) is 0 Å². The molecule has 6 unspecified atom stereocenters. The summed E-state index contributed by atoms with van der Waals surface area (Å²) in [4.78, 5) is 50.8. The molecule has 12 heteroatoms. The zero-order chi connectivity index (χ0) is 50.4. The van der Waals surface area contributed by atoms with Crippen LogP contribution < -0.4 is 0 Å². The number of allylic oxidation sites excluding steroid dienone is 10. The molecule has 69 heavy (non-hydrogen) atoms. The van der Waals surface area contributed by atoms with Gasteiger partial charge in [-0.15, -0.1) is 0 Å². The number of carbonyl (C=O) groups is 4. The number of carboxylic acids is 1. The maximum Gasteiger partial charge on any atom is 0.335 e. The number of carbonyl (C=O) groups excluding carboxylic acids is 3. The quantitative estimate of drug-likeness (QED) is 0.0228. The summed E-state index contributed by atoms with van der Waals surface area (Å²) in [5.74, 6) is -3.15. The average Bonchev–Trinajstić information content (AvgIpc) is 3.33. The van der Waals surface area contributed by atoms with Gasteiger partial charge in [0.2, 0.25) is 0 Å². The molecule has 0 bridgehead atoms. The number of hydrogen-bond acceptors (Lipinski definition) is 11. The minimum atomic E-state index is -1.91. The summed E-state index contributed by atoms with van der Waals surface area (Å²) in [6.07, 6.45) is 42.1. The Hall–Kier alpha value is -3.58. The van der Waals surface area contributed by atoms with E-state index in [9.17, 15) is 34.5 Å². The van der Waals surface area contributed by atoms with Gasteiger partial charge in [-0.05, 0) is 77.0 Å². The van der Waals surface area contributed by atoms with E-state index in [0.717, 1.165) is 122 Å². The summed E-state index contributed by atoms with van der Waals surface area (Å²) < 4.78 is 28.3. The Labute approximate surface area is 417 Å². The van der Waals surface area contributed by atoms with Gasteiger partial charge in [0.25, 0.3) is 0 Å². The molecule has 1 aliphatic rings. The van der Waals surface area contributed by atoms with E-state index in [1.54, 1.807) is 0 Å². The van der Waals surface area contributed by atoms with Crippen molar-refractivity contribution in [1.82, 2.24) is 0 Å². The first-order chi connectivity index (χ1) is 33.6. The minimum absolute atomic E-state index is 0.0433. The molecule has 1 rings (SSSR count). The molecule has 6 atom stereocenters. The molecule has 0 saturated carbocycles. The molecule has 0 aromatic heterocycles. The fourth-order valence-corrected chi connectivity index (χ4v) is 7.89. The van der Waals surface area contributed by atoms with Gasteiger partial charge in [0, 0.05) is 19.3 Å². The number of aliphatic carboxylic acids is 1. The first-order valence-electron chi connectivity index (χ1n) is 27.3. The molecule has 396 valence electrons. The van der Waals surface area contributed by atoms with Gasteiger partial charge in [0.15, 0.2) is 24.6 Å². The fourth-order valence-electron chi connectivity index (χ4n) is 7.89. The number of hydrogen-bond donors (Lipinski definition) is 3. The van der Waals surface area contributed by atoms with Crippen molar-refractivity contribution >= 4 is 23.9 Å². The highest BCUT2D eigenvalue weighted by atomic mass is 16.7. The van der Waals surface area contributed by atoms with Gasteiger partial charge in [0.1, 0.15) is 18.8 Å². The van der Waals surface area contributed by atoms with Crippen LogP contribution in [0.3, 0.4) is 0 Å². The van der Waals surface area contributed by atoms with Gasteiger partial charge in [0.05, 0.1) is 6.61 Å². The molecule has 1 aliphatic heterocycles. The largest absolute Gasteiger partial charge is 0.479 e. The Morgan fingerprint density at radius 2 is 0.942 bits per heavy atom. The summed E-state index contributed by atoms with van der Waals surface area (Å²) in [6.45, 7) is 5.76. The molecule has 0 spiro atoms. The topological polar surface area (TPSA) is 175 Å². The van der Waals surface area contributed by atoms with Gasteiger partial charge >= 0.3 is 23.9 Å². The standard InChI is InChI=1S/C57H96O12/c1-4-7-10-13-16-19-21-23-24-25-26-28-29-32-34-37-40-43-49(58)65-46-48(67-50(59)44-41-38-35-31-18-15-12-9-6-3)47-66-57-55(53(62)52(61)54(69-57)56(63)64)68-51(60)45-42-39-36-33-30-27-22-20-17-14-11-8-5-2/h7,10-11,14,16,19-20,22-24,48,52-55,57,61-62H,4-6,8-9,12-13,15,17-18,21,25-47H2,1-3H3,(H,63,64)/b10-7-,14-11-,19-16-,22-20-,24-23-. The van der Waals surface area contributed by atoms with Crippen LogP contribution in [-0.4, -0.2) is 89.2 Å². The summed E-state index contributed by atoms with van der Waals surface area (Å²) >= 11 is 0. The number of aliphatic hydroxyl groups excluding tert-OH is 2. The van der Waals surface area contributed by atoms with Crippen LogP contribution in [0.4, 0.5) is 0 Å². The van der Waals surface area contributed by atoms with Crippen molar-refractivity contribution in [2.75, 3.05) is 13.2 Å². The summed E-state index contributed by atoms with van der Waals surface area (Å²) in [5, 5.41) is 31.3. The Balaban J connectivity index is 2.69. The van der Waals surface area contributed by atoms with E-state index in [2.05, 4.69) is 81.5 Å². The fraction of sp³-hybridized carbons (Fsp3) is 0.754. The predicted molar refractivity (Wildman–Crippen MR) is 275 cm³/mol. The molecule has 0 amide bonds. The van der Waals surface area contributed by atoms with Gasteiger partial charge in [-0.25, -0.2) is 4.79 Å². The molecule has 0 aromatic carbocycles. The predicted octanol–water partition coefficient (Wildman–Crippen LogP) is 13.2. The highest BCUT2D eigenvalue weighted by Gasteiger charge is 2.50. The molecule has 0 aromatic rings. The Morgan fingerprint density at radius 3 is 1.45 bits per heavy atom.